The molecular weight excluding hydrogens is 292 g/mol. The zero-order valence-corrected chi connectivity index (χ0v) is 14.8. The zero-order valence-electron chi connectivity index (χ0n) is 14.8. The van der Waals surface area contributed by atoms with Crippen molar-refractivity contribution >= 4 is 5.78 Å². The van der Waals surface area contributed by atoms with Crippen molar-refractivity contribution in [3.05, 3.63) is 12.2 Å². The van der Waals surface area contributed by atoms with Crippen molar-refractivity contribution in [3.63, 3.8) is 0 Å². The van der Waals surface area contributed by atoms with Crippen molar-refractivity contribution < 1.29 is 20.1 Å². The predicted molar refractivity (Wildman–Crippen MR) is 94.3 cm³/mol. The van der Waals surface area contributed by atoms with Crippen molar-refractivity contribution in [2.45, 2.75) is 96.2 Å². The Kier molecular flexibility index (Phi) is 15.7. The lowest BCUT2D eigenvalue weighted by Crippen LogP contribution is -2.36. The molecule has 0 rings (SSSR count). The zero-order chi connectivity index (χ0) is 17.3. The summed E-state index contributed by atoms with van der Waals surface area (Å²) in [5.41, 5.74) is 0. The number of rotatable bonds is 16. The first-order chi connectivity index (χ1) is 11.1. The average molecular weight is 328 g/mol. The van der Waals surface area contributed by atoms with Gasteiger partial charge in [0.2, 0.25) is 0 Å². The van der Waals surface area contributed by atoms with Crippen LogP contribution in [-0.2, 0) is 4.79 Å². The van der Waals surface area contributed by atoms with E-state index in [1.165, 1.54) is 38.5 Å². The summed E-state index contributed by atoms with van der Waals surface area (Å²) in [6.45, 7) is 1.64. The molecule has 0 fully saturated rings. The van der Waals surface area contributed by atoms with Gasteiger partial charge < -0.3 is 15.3 Å². The molecule has 136 valence electrons. The van der Waals surface area contributed by atoms with Crippen LogP contribution < -0.4 is 0 Å². The van der Waals surface area contributed by atoms with Crippen LogP contribution in [0.2, 0.25) is 0 Å². The van der Waals surface area contributed by atoms with Gasteiger partial charge in [0, 0.05) is 6.42 Å². The number of unbranched alkanes of at least 4 members (excludes halogenated alkanes) is 9. The van der Waals surface area contributed by atoms with Crippen molar-refractivity contribution in [1.29, 1.82) is 0 Å². The van der Waals surface area contributed by atoms with E-state index < -0.39 is 18.8 Å². The van der Waals surface area contributed by atoms with E-state index >= 15 is 0 Å². The molecule has 0 saturated carbocycles. The SMILES string of the molecule is CCCCCC/C=C\CCCCCCCC(=O)C(O)C(O)CO. The van der Waals surface area contributed by atoms with Gasteiger partial charge in [-0.25, -0.2) is 0 Å². The number of ketones is 1. The van der Waals surface area contributed by atoms with Crippen LogP contribution in [-0.4, -0.2) is 39.9 Å². The molecule has 0 aliphatic heterocycles. The van der Waals surface area contributed by atoms with Gasteiger partial charge in [0.15, 0.2) is 5.78 Å². The Labute approximate surface area is 141 Å². The molecule has 4 nitrogen and oxygen atoms in total. The predicted octanol–water partition coefficient (Wildman–Crippen LogP) is 3.53. The van der Waals surface area contributed by atoms with Gasteiger partial charge in [-0.3, -0.25) is 4.79 Å². The third-order valence-electron chi connectivity index (χ3n) is 4.07. The lowest BCUT2D eigenvalue weighted by Gasteiger charge is -2.13. The molecule has 0 amide bonds. The van der Waals surface area contributed by atoms with Gasteiger partial charge in [-0.05, 0) is 32.1 Å². The van der Waals surface area contributed by atoms with E-state index in [1.807, 2.05) is 0 Å². The van der Waals surface area contributed by atoms with E-state index in [-0.39, 0.29) is 12.2 Å². The number of hydrogen-bond donors (Lipinski definition) is 3. The molecule has 0 aromatic carbocycles. The number of hydrogen-bond acceptors (Lipinski definition) is 4. The highest BCUT2D eigenvalue weighted by Crippen LogP contribution is 2.10. The molecular formula is C19H36O4. The van der Waals surface area contributed by atoms with Crippen LogP contribution in [0.15, 0.2) is 12.2 Å². The largest absolute Gasteiger partial charge is 0.394 e. The normalized spacial score (nSPS) is 14.3. The minimum Gasteiger partial charge on any atom is -0.394 e. The topological polar surface area (TPSA) is 77.8 Å². The number of allylic oxidation sites excluding steroid dienone is 2. The fraction of sp³-hybridized carbons (Fsp3) is 0.842. The molecule has 0 aliphatic rings. The maximum Gasteiger partial charge on any atom is 0.164 e. The molecule has 0 aromatic rings. The summed E-state index contributed by atoms with van der Waals surface area (Å²) in [7, 11) is 0. The van der Waals surface area contributed by atoms with Crippen LogP contribution in [0.1, 0.15) is 84.0 Å². The first-order valence-corrected chi connectivity index (χ1v) is 9.28. The molecule has 2 unspecified atom stereocenters. The number of Topliss-reactive ketones (excluding diaryl/α,β-unsaturated/α-hetero) is 1. The average Bonchev–Trinajstić information content (AvgIpc) is 2.57. The van der Waals surface area contributed by atoms with E-state index in [0.717, 1.165) is 32.1 Å². The molecule has 3 N–H and O–H groups in total. The Hall–Kier alpha value is -0.710. The molecule has 0 bridgehead atoms. The molecule has 0 aromatic heterocycles. The van der Waals surface area contributed by atoms with E-state index in [9.17, 15) is 15.0 Å². The maximum absolute atomic E-state index is 11.5. The minimum atomic E-state index is -1.44. The Morgan fingerprint density at radius 1 is 0.870 bits per heavy atom. The van der Waals surface area contributed by atoms with Crippen molar-refractivity contribution in [2.75, 3.05) is 6.61 Å². The number of aliphatic hydroxyl groups is 3. The second-order valence-corrected chi connectivity index (χ2v) is 6.29. The Balaban J connectivity index is 3.36. The molecule has 0 radical (unpaired) electrons. The van der Waals surface area contributed by atoms with Crippen LogP contribution in [0.25, 0.3) is 0 Å². The summed E-state index contributed by atoms with van der Waals surface area (Å²) in [5.74, 6) is -0.377. The monoisotopic (exact) mass is 328 g/mol. The lowest BCUT2D eigenvalue weighted by molar-refractivity contribution is -0.134. The van der Waals surface area contributed by atoms with E-state index in [4.69, 9.17) is 5.11 Å². The van der Waals surface area contributed by atoms with E-state index in [0.29, 0.717) is 0 Å². The summed E-state index contributed by atoms with van der Waals surface area (Å²) in [6, 6.07) is 0. The molecule has 0 heterocycles. The summed E-state index contributed by atoms with van der Waals surface area (Å²) >= 11 is 0. The highest BCUT2D eigenvalue weighted by atomic mass is 16.4. The first-order valence-electron chi connectivity index (χ1n) is 9.28. The third-order valence-corrected chi connectivity index (χ3v) is 4.07. The molecule has 0 saturated heterocycles. The molecule has 0 aliphatic carbocycles. The Morgan fingerprint density at radius 3 is 1.96 bits per heavy atom. The van der Waals surface area contributed by atoms with Gasteiger partial charge in [0.25, 0.3) is 0 Å². The Morgan fingerprint density at radius 2 is 1.39 bits per heavy atom. The van der Waals surface area contributed by atoms with Crippen molar-refractivity contribution in [2.24, 2.45) is 0 Å². The summed E-state index contributed by atoms with van der Waals surface area (Å²) < 4.78 is 0. The van der Waals surface area contributed by atoms with Gasteiger partial charge in [-0.1, -0.05) is 57.6 Å². The van der Waals surface area contributed by atoms with Crippen LogP contribution in [0, 0.1) is 0 Å². The van der Waals surface area contributed by atoms with E-state index in [1.54, 1.807) is 0 Å². The summed E-state index contributed by atoms with van der Waals surface area (Å²) in [6.07, 6.45) is 14.8. The van der Waals surface area contributed by atoms with Gasteiger partial charge in [0.1, 0.15) is 12.2 Å². The fourth-order valence-corrected chi connectivity index (χ4v) is 2.48. The Bertz CT molecular complexity index is 302. The second-order valence-electron chi connectivity index (χ2n) is 6.29. The van der Waals surface area contributed by atoms with Crippen molar-refractivity contribution in [1.82, 2.24) is 0 Å². The first kappa shape index (κ1) is 22.3. The summed E-state index contributed by atoms with van der Waals surface area (Å²) in [4.78, 5) is 11.5. The quantitative estimate of drug-likeness (QED) is 0.299. The standard InChI is InChI=1S/C19H36O4/c1-2-3-4-5-6-7-8-9-10-11-12-13-14-15-17(21)19(23)18(22)16-20/h7-8,18-20,22-23H,2-6,9-16H2,1H3/b8-7-. The second kappa shape index (κ2) is 16.2. The smallest absolute Gasteiger partial charge is 0.164 e. The minimum absolute atomic E-state index is 0.274. The molecule has 23 heavy (non-hydrogen) atoms. The highest BCUT2D eigenvalue weighted by Gasteiger charge is 2.22. The molecule has 0 spiro atoms. The number of carbonyl (C=O) groups is 1. The van der Waals surface area contributed by atoms with Gasteiger partial charge in [-0.2, -0.15) is 0 Å². The van der Waals surface area contributed by atoms with Crippen LogP contribution in [0.5, 0.6) is 0 Å². The summed E-state index contributed by atoms with van der Waals surface area (Å²) in [5, 5.41) is 27.3. The van der Waals surface area contributed by atoms with Crippen LogP contribution >= 0.6 is 0 Å². The third kappa shape index (κ3) is 13.4. The number of aliphatic hydroxyl groups excluding tert-OH is 3. The highest BCUT2D eigenvalue weighted by molar-refractivity contribution is 5.83. The van der Waals surface area contributed by atoms with Gasteiger partial charge >= 0.3 is 0 Å². The molecule has 4 heteroatoms. The lowest BCUT2D eigenvalue weighted by atomic mass is 10.0. The molecule has 2 atom stereocenters. The number of carbonyl (C=O) groups excluding carboxylic acids is 1. The van der Waals surface area contributed by atoms with E-state index in [2.05, 4.69) is 19.1 Å². The van der Waals surface area contributed by atoms with Gasteiger partial charge in [-0.15, -0.1) is 0 Å². The van der Waals surface area contributed by atoms with Crippen LogP contribution in [0.4, 0.5) is 0 Å². The fourth-order valence-electron chi connectivity index (χ4n) is 2.48. The van der Waals surface area contributed by atoms with Crippen LogP contribution in [0.3, 0.4) is 0 Å². The van der Waals surface area contributed by atoms with Crippen molar-refractivity contribution in [3.8, 4) is 0 Å². The maximum atomic E-state index is 11.5. The van der Waals surface area contributed by atoms with Gasteiger partial charge in [0.05, 0.1) is 6.61 Å².